The first-order chi connectivity index (χ1) is 15.8. The Bertz CT molecular complexity index is 1080. The number of fused-ring (bicyclic) bond motifs is 1. The van der Waals surface area contributed by atoms with Crippen LogP contribution in [0.25, 0.3) is 10.9 Å². The maximum Gasteiger partial charge on any atom is 0.328 e. The van der Waals surface area contributed by atoms with Gasteiger partial charge in [0.2, 0.25) is 11.8 Å². The van der Waals surface area contributed by atoms with Crippen LogP contribution < -0.4 is 10.6 Å². The number of H-pyrrole nitrogens is 1. The molecule has 0 unspecified atom stereocenters. The number of rotatable bonds is 10. The van der Waals surface area contributed by atoms with Crippen molar-refractivity contribution in [2.24, 2.45) is 17.8 Å². The Morgan fingerprint density at radius 1 is 1.18 bits per heavy atom. The summed E-state index contributed by atoms with van der Waals surface area (Å²) >= 11 is 6.03. The van der Waals surface area contributed by atoms with Crippen LogP contribution in [0.15, 0.2) is 24.3 Å². The van der Waals surface area contributed by atoms with E-state index >= 15 is 0 Å². The molecule has 2 fully saturated rings. The van der Waals surface area contributed by atoms with Crippen LogP contribution in [-0.4, -0.2) is 48.2 Å². The van der Waals surface area contributed by atoms with Gasteiger partial charge >= 0.3 is 5.97 Å². The van der Waals surface area contributed by atoms with Gasteiger partial charge < -0.3 is 20.4 Å². The molecule has 33 heavy (non-hydrogen) atoms. The number of ketones is 1. The van der Waals surface area contributed by atoms with Crippen molar-refractivity contribution >= 4 is 46.1 Å². The van der Waals surface area contributed by atoms with Crippen LogP contribution in [0.3, 0.4) is 0 Å². The summed E-state index contributed by atoms with van der Waals surface area (Å²) < 4.78 is 4.86. The van der Waals surface area contributed by atoms with Gasteiger partial charge in [-0.25, -0.2) is 4.79 Å². The molecule has 176 valence electrons. The van der Waals surface area contributed by atoms with Gasteiger partial charge in [0, 0.05) is 40.7 Å². The minimum absolute atomic E-state index is 0.0285. The molecule has 4 rings (SSSR count). The number of aromatic nitrogens is 1. The summed E-state index contributed by atoms with van der Waals surface area (Å²) in [6.45, 7) is 0.555. The Hall–Kier alpha value is -2.87. The number of aromatic amines is 1. The molecule has 1 saturated carbocycles. The average molecular weight is 474 g/mol. The third kappa shape index (κ3) is 5.74. The summed E-state index contributed by atoms with van der Waals surface area (Å²) in [7, 11) is 1.25. The molecular formula is C24H28ClN3O5. The van der Waals surface area contributed by atoms with Gasteiger partial charge in [-0.2, -0.15) is 0 Å². The van der Waals surface area contributed by atoms with E-state index < -0.39 is 17.9 Å². The van der Waals surface area contributed by atoms with Crippen LogP contribution in [-0.2, 0) is 19.1 Å². The Morgan fingerprint density at radius 2 is 1.97 bits per heavy atom. The predicted molar refractivity (Wildman–Crippen MR) is 123 cm³/mol. The molecular weight excluding hydrogens is 446 g/mol. The van der Waals surface area contributed by atoms with Crippen molar-refractivity contribution in [2.45, 2.75) is 44.6 Å². The maximum absolute atomic E-state index is 13.2. The Balaban J connectivity index is 1.46. The minimum Gasteiger partial charge on any atom is -0.467 e. The molecule has 9 heteroatoms. The van der Waals surface area contributed by atoms with Gasteiger partial charge in [-0.05, 0) is 43.4 Å². The second-order valence-electron chi connectivity index (χ2n) is 9.01. The van der Waals surface area contributed by atoms with E-state index in [2.05, 4.69) is 15.6 Å². The first kappa shape index (κ1) is 23.3. The summed E-state index contributed by atoms with van der Waals surface area (Å²) in [5.41, 5.74) is 1.18. The lowest BCUT2D eigenvalue weighted by molar-refractivity contribution is -0.146. The molecule has 0 radical (unpaired) electrons. The lowest BCUT2D eigenvalue weighted by Crippen LogP contribution is -2.46. The molecule has 3 atom stereocenters. The van der Waals surface area contributed by atoms with Gasteiger partial charge in [-0.15, -0.1) is 0 Å². The van der Waals surface area contributed by atoms with Crippen LogP contribution >= 0.6 is 11.6 Å². The zero-order valence-corrected chi connectivity index (χ0v) is 19.2. The average Bonchev–Trinajstić information content (AvgIpc) is 3.37. The smallest absolute Gasteiger partial charge is 0.328 e. The highest BCUT2D eigenvalue weighted by atomic mass is 35.5. The zero-order valence-electron chi connectivity index (χ0n) is 18.5. The van der Waals surface area contributed by atoms with Crippen molar-refractivity contribution in [3.63, 3.8) is 0 Å². The van der Waals surface area contributed by atoms with E-state index in [1.165, 1.54) is 7.11 Å². The molecule has 2 amide bonds. The fourth-order valence-electron chi connectivity index (χ4n) is 4.42. The Kier molecular flexibility index (Phi) is 7.02. The molecule has 1 aliphatic heterocycles. The number of carbonyl (C=O) groups is 4. The fourth-order valence-corrected chi connectivity index (χ4v) is 4.59. The number of amides is 2. The number of ether oxygens (including phenoxy) is 1. The molecule has 2 aromatic rings. The number of methoxy groups -OCH3 is 1. The lowest BCUT2D eigenvalue weighted by Gasteiger charge is -2.22. The third-order valence-electron chi connectivity index (χ3n) is 6.49. The number of halogens is 1. The van der Waals surface area contributed by atoms with Crippen molar-refractivity contribution < 1.29 is 23.9 Å². The number of hydrogen-bond acceptors (Lipinski definition) is 5. The largest absolute Gasteiger partial charge is 0.467 e. The molecule has 1 aromatic heterocycles. The monoisotopic (exact) mass is 473 g/mol. The van der Waals surface area contributed by atoms with Gasteiger partial charge in [0.15, 0.2) is 5.78 Å². The SMILES string of the molecule is COC(=O)[C@H](C[C@@H]1CCNC1=O)NC(=O)[C@@H](CC(=O)c1cc2ccc(Cl)cc2[nH]1)CC1CC1. The molecule has 1 aromatic carbocycles. The molecule has 2 aliphatic rings. The molecule has 1 aliphatic carbocycles. The Labute approximate surface area is 196 Å². The second kappa shape index (κ2) is 9.95. The van der Waals surface area contributed by atoms with Crippen LogP contribution in [0.4, 0.5) is 0 Å². The van der Waals surface area contributed by atoms with Crippen LogP contribution in [0.2, 0.25) is 5.02 Å². The first-order valence-corrected chi connectivity index (χ1v) is 11.7. The predicted octanol–water partition coefficient (Wildman–Crippen LogP) is 2.99. The normalized spacial score (nSPS) is 19.7. The van der Waals surface area contributed by atoms with E-state index in [0.717, 1.165) is 23.7 Å². The molecule has 3 N–H and O–H groups in total. The van der Waals surface area contributed by atoms with Gasteiger partial charge in [0.25, 0.3) is 0 Å². The van der Waals surface area contributed by atoms with Crippen molar-refractivity contribution in [1.29, 1.82) is 0 Å². The number of Topliss-reactive ketones (excluding diaryl/α,β-unsaturated/α-hetero) is 1. The highest BCUT2D eigenvalue weighted by molar-refractivity contribution is 6.31. The van der Waals surface area contributed by atoms with Gasteiger partial charge in [-0.3, -0.25) is 14.4 Å². The van der Waals surface area contributed by atoms with E-state index in [-0.39, 0.29) is 36.4 Å². The molecule has 8 nitrogen and oxygen atoms in total. The lowest BCUT2D eigenvalue weighted by atomic mass is 9.92. The number of esters is 1. The van der Waals surface area contributed by atoms with Crippen LogP contribution in [0.1, 0.15) is 49.0 Å². The second-order valence-corrected chi connectivity index (χ2v) is 9.45. The zero-order chi connectivity index (χ0) is 23.5. The van der Waals surface area contributed by atoms with E-state index in [9.17, 15) is 19.2 Å². The maximum atomic E-state index is 13.2. The number of nitrogens with one attached hydrogen (secondary N) is 3. The topological polar surface area (TPSA) is 117 Å². The van der Waals surface area contributed by atoms with Gasteiger partial charge in [-0.1, -0.05) is 30.5 Å². The third-order valence-corrected chi connectivity index (χ3v) is 6.72. The standard InChI is InChI=1S/C24H28ClN3O5/c1-33-24(32)20(10-15-6-7-26-22(15)30)28-23(31)16(8-13-2-3-13)11-21(29)19-9-14-4-5-17(25)12-18(14)27-19/h4-5,9,12-13,15-16,20,27H,2-3,6-8,10-11H2,1H3,(H,26,30)(H,28,31)/t15-,16+,20-/m0/s1. The van der Waals surface area contributed by atoms with E-state index in [4.69, 9.17) is 16.3 Å². The number of carbonyl (C=O) groups excluding carboxylic acids is 4. The summed E-state index contributed by atoms with van der Waals surface area (Å²) in [4.78, 5) is 53.6. The van der Waals surface area contributed by atoms with Crippen molar-refractivity contribution in [1.82, 2.24) is 15.6 Å². The summed E-state index contributed by atoms with van der Waals surface area (Å²) in [6, 6.07) is 6.17. The molecule has 0 spiro atoms. The van der Waals surface area contributed by atoms with Crippen LogP contribution in [0.5, 0.6) is 0 Å². The summed E-state index contributed by atoms with van der Waals surface area (Å²) in [5, 5.41) is 6.94. The Morgan fingerprint density at radius 3 is 2.64 bits per heavy atom. The minimum atomic E-state index is -0.927. The van der Waals surface area contributed by atoms with Crippen molar-refractivity contribution in [3.8, 4) is 0 Å². The van der Waals surface area contributed by atoms with E-state index in [1.807, 2.05) is 6.07 Å². The molecule has 2 heterocycles. The highest BCUT2D eigenvalue weighted by Gasteiger charge is 2.36. The highest BCUT2D eigenvalue weighted by Crippen LogP contribution is 2.37. The van der Waals surface area contributed by atoms with Gasteiger partial charge in [0.1, 0.15) is 6.04 Å². The quantitative estimate of drug-likeness (QED) is 0.362. The van der Waals surface area contributed by atoms with Crippen molar-refractivity contribution in [2.75, 3.05) is 13.7 Å². The van der Waals surface area contributed by atoms with Crippen molar-refractivity contribution in [3.05, 3.63) is 35.0 Å². The van der Waals surface area contributed by atoms with E-state index in [1.54, 1.807) is 18.2 Å². The first-order valence-electron chi connectivity index (χ1n) is 11.3. The molecule has 1 saturated heterocycles. The fraction of sp³-hybridized carbons (Fsp3) is 0.500. The van der Waals surface area contributed by atoms with E-state index in [0.29, 0.717) is 36.0 Å². The summed E-state index contributed by atoms with van der Waals surface area (Å²) in [5.74, 6) is -1.75. The number of hydrogen-bond donors (Lipinski definition) is 3. The van der Waals surface area contributed by atoms with Gasteiger partial charge in [0.05, 0.1) is 12.8 Å². The molecule has 0 bridgehead atoms. The number of benzene rings is 1. The summed E-state index contributed by atoms with van der Waals surface area (Å²) in [6.07, 6.45) is 3.47. The van der Waals surface area contributed by atoms with Crippen LogP contribution in [0, 0.1) is 17.8 Å².